The summed E-state index contributed by atoms with van der Waals surface area (Å²) in [7, 11) is 0. The van der Waals surface area contributed by atoms with E-state index in [0.717, 1.165) is 29.9 Å². The van der Waals surface area contributed by atoms with Crippen LogP contribution in [0.4, 0.5) is 5.69 Å². The highest BCUT2D eigenvalue weighted by Crippen LogP contribution is 2.23. The van der Waals surface area contributed by atoms with Gasteiger partial charge < -0.3 is 21.9 Å². The second-order valence-electron chi connectivity index (χ2n) is 4.25. The number of hydrogen-bond acceptors (Lipinski definition) is 3. The van der Waals surface area contributed by atoms with E-state index in [0.29, 0.717) is 6.54 Å². The topological polar surface area (TPSA) is 24.2 Å². The van der Waals surface area contributed by atoms with Crippen LogP contribution < -0.4 is 26.4 Å². The van der Waals surface area contributed by atoms with E-state index < -0.39 is 0 Å². The summed E-state index contributed by atoms with van der Waals surface area (Å²) in [5.41, 5.74) is 2.40. The van der Waals surface area contributed by atoms with Crippen molar-refractivity contribution in [2.45, 2.75) is 20.4 Å². The number of hydrogen-bond donors (Lipinski definition) is 0. The van der Waals surface area contributed by atoms with Crippen LogP contribution in [0.3, 0.4) is 0 Å². The van der Waals surface area contributed by atoms with Crippen LogP contribution in [0.25, 0.3) is 10.6 Å². The molecule has 0 fully saturated rings. The number of anilines is 1. The third kappa shape index (κ3) is 3.67. The standard InChI is InChI=1S/C15H19N2OS.BrH/c1-3-16(4-2)14-7-5-13(6-8-14)15-17(9-11-18)10-12-19-15;/h5-8,10-12H,3-4,9H2,1-2H3;1H/q+1;/p-1. The molecule has 0 spiro atoms. The smallest absolute Gasteiger partial charge is 0.269 e. The molecule has 1 aromatic carbocycles. The molecule has 0 amide bonds. The average Bonchev–Trinajstić information content (AvgIpc) is 2.90. The van der Waals surface area contributed by atoms with Crippen molar-refractivity contribution in [1.29, 1.82) is 0 Å². The average molecular weight is 355 g/mol. The number of aromatic nitrogens is 1. The van der Waals surface area contributed by atoms with Gasteiger partial charge in [0.25, 0.3) is 5.01 Å². The summed E-state index contributed by atoms with van der Waals surface area (Å²) in [6, 6.07) is 8.54. The molecule has 0 N–H and O–H groups in total. The normalized spacial score (nSPS) is 9.90. The van der Waals surface area contributed by atoms with Crippen LogP contribution in [0.2, 0.25) is 0 Å². The Balaban J connectivity index is 0.00000200. The Hall–Kier alpha value is -1.20. The molecule has 0 aliphatic carbocycles. The van der Waals surface area contributed by atoms with Crippen molar-refractivity contribution in [2.75, 3.05) is 18.0 Å². The molecule has 1 heterocycles. The quantitative estimate of drug-likeness (QED) is 0.527. The van der Waals surface area contributed by atoms with E-state index in [2.05, 4.69) is 43.0 Å². The fourth-order valence-electron chi connectivity index (χ4n) is 2.17. The molecular weight excluding hydrogens is 336 g/mol. The van der Waals surface area contributed by atoms with Gasteiger partial charge in [-0.25, -0.2) is 0 Å². The minimum atomic E-state index is 0. The van der Waals surface area contributed by atoms with Crippen molar-refractivity contribution >= 4 is 23.3 Å². The molecule has 108 valence electrons. The number of nitrogens with zero attached hydrogens (tertiary/aromatic N) is 2. The lowest BCUT2D eigenvalue weighted by molar-refractivity contribution is -0.667. The Kier molecular flexibility index (Phi) is 6.88. The first kappa shape index (κ1) is 16.9. The summed E-state index contributed by atoms with van der Waals surface area (Å²) >= 11 is 1.66. The number of rotatable bonds is 6. The van der Waals surface area contributed by atoms with E-state index >= 15 is 0 Å². The number of benzene rings is 1. The molecule has 2 aromatic rings. The van der Waals surface area contributed by atoms with Crippen LogP contribution in [-0.2, 0) is 11.3 Å². The lowest BCUT2D eigenvalue weighted by Gasteiger charge is -2.20. The molecule has 0 saturated heterocycles. The van der Waals surface area contributed by atoms with E-state index in [1.165, 1.54) is 5.69 Å². The zero-order valence-corrected chi connectivity index (χ0v) is 14.2. The third-order valence-corrected chi connectivity index (χ3v) is 4.15. The van der Waals surface area contributed by atoms with Gasteiger partial charge in [-0.2, -0.15) is 4.57 Å². The fraction of sp³-hybridized carbons (Fsp3) is 0.333. The first-order chi connectivity index (χ1) is 9.30. The maximum atomic E-state index is 10.7. The lowest BCUT2D eigenvalue weighted by atomic mass is 10.2. The lowest BCUT2D eigenvalue weighted by Crippen LogP contribution is -3.00. The third-order valence-electron chi connectivity index (χ3n) is 3.20. The molecule has 1 aromatic heterocycles. The van der Waals surface area contributed by atoms with Crippen LogP contribution in [0.5, 0.6) is 0 Å². The first-order valence-electron chi connectivity index (χ1n) is 6.56. The van der Waals surface area contributed by atoms with Gasteiger partial charge in [0.2, 0.25) is 6.54 Å². The Morgan fingerprint density at radius 2 is 1.85 bits per heavy atom. The Morgan fingerprint density at radius 3 is 2.40 bits per heavy atom. The van der Waals surface area contributed by atoms with E-state index in [1.54, 1.807) is 11.3 Å². The van der Waals surface area contributed by atoms with Crippen molar-refractivity contribution in [3.05, 3.63) is 35.8 Å². The molecule has 0 aliphatic heterocycles. The molecule has 0 bridgehead atoms. The number of halogens is 1. The van der Waals surface area contributed by atoms with Crippen molar-refractivity contribution in [2.24, 2.45) is 0 Å². The second kappa shape index (κ2) is 8.17. The van der Waals surface area contributed by atoms with Crippen molar-refractivity contribution in [3.63, 3.8) is 0 Å². The van der Waals surface area contributed by atoms with E-state index in [1.807, 2.05) is 16.1 Å². The number of carbonyl (C=O) groups excluding carboxylic acids is 1. The summed E-state index contributed by atoms with van der Waals surface area (Å²) in [6.45, 7) is 6.76. The fourth-order valence-corrected chi connectivity index (χ4v) is 3.04. The van der Waals surface area contributed by atoms with Crippen LogP contribution in [0, 0.1) is 0 Å². The molecule has 20 heavy (non-hydrogen) atoms. The van der Waals surface area contributed by atoms with Crippen molar-refractivity contribution < 1.29 is 26.3 Å². The van der Waals surface area contributed by atoms with Crippen LogP contribution in [0.15, 0.2) is 35.8 Å². The van der Waals surface area contributed by atoms with E-state index in [-0.39, 0.29) is 17.0 Å². The van der Waals surface area contributed by atoms with Crippen LogP contribution in [0.1, 0.15) is 13.8 Å². The zero-order chi connectivity index (χ0) is 13.7. The van der Waals surface area contributed by atoms with Crippen molar-refractivity contribution in [3.8, 4) is 10.6 Å². The predicted octanol–water partition coefficient (Wildman–Crippen LogP) is -0.248. The minimum Gasteiger partial charge on any atom is -1.00 e. The number of carbonyl (C=O) groups is 1. The maximum Gasteiger partial charge on any atom is 0.269 e. The first-order valence-corrected chi connectivity index (χ1v) is 7.44. The number of aldehydes is 1. The molecule has 0 radical (unpaired) electrons. The SMILES string of the molecule is CCN(CC)c1ccc(-c2scc[n+]2CC=O)cc1.[Br-]. The molecule has 0 saturated carbocycles. The van der Waals surface area contributed by atoms with Gasteiger partial charge in [-0.1, -0.05) is 11.3 Å². The largest absolute Gasteiger partial charge is 1.00 e. The summed E-state index contributed by atoms with van der Waals surface area (Å²) in [5, 5.41) is 3.13. The minimum absolute atomic E-state index is 0. The van der Waals surface area contributed by atoms with Gasteiger partial charge in [0.05, 0.1) is 10.9 Å². The summed E-state index contributed by atoms with van der Waals surface area (Å²) < 4.78 is 1.98. The Morgan fingerprint density at radius 1 is 1.20 bits per heavy atom. The summed E-state index contributed by atoms with van der Waals surface area (Å²) in [5.74, 6) is 0. The molecule has 0 atom stereocenters. The van der Waals surface area contributed by atoms with Crippen molar-refractivity contribution in [1.82, 2.24) is 0 Å². The van der Waals surface area contributed by atoms with Gasteiger partial charge in [-0.3, -0.25) is 4.79 Å². The predicted molar refractivity (Wildman–Crippen MR) is 79.6 cm³/mol. The molecule has 5 heteroatoms. The highest BCUT2D eigenvalue weighted by atomic mass is 79.9. The van der Waals surface area contributed by atoms with Crippen LogP contribution >= 0.6 is 11.3 Å². The zero-order valence-electron chi connectivity index (χ0n) is 11.8. The molecule has 2 rings (SSSR count). The molecule has 0 unspecified atom stereocenters. The summed E-state index contributed by atoms with van der Waals surface area (Å²) in [4.78, 5) is 13.0. The highest BCUT2D eigenvalue weighted by Gasteiger charge is 2.14. The van der Waals surface area contributed by atoms with Gasteiger partial charge in [-0.15, -0.1) is 0 Å². The monoisotopic (exact) mass is 354 g/mol. The van der Waals surface area contributed by atoms with Gasteiger partial charge in [0.1, 0.15) is 0 Å². The number of thiazole rings is 1. The van der Waals surface area contributed by atoms with Crippen LogP contribution in [-0.4, -0.2) is 19.4 Å². The van der Waals surface area contributed by atoms with E-state index in [4.69, 9.17) is 0 Å². The second-order valence-corrected chi connectivity index (χ2v) is 5.14. The van der Waals surface area contributed by atoms with Gasteiger partial charge in [0.15, 0.2) is 12.5 Å². The van der Waals surface area contributed by atoms with Gasteiger partial charge in [0, 0.05) is 18.8 Å². The van der Waals surface area contributed by atoms with Gasteiger partial charge >= 0.3 is 0 Å². The highest BCUT2D eigenvalue weighted by molar-refractivity contribution is 7.12. The Labute approximate surface area is 134 Å². The Bertz CT molecular complexity index is 535. The summed E-state index contributed by atoms with van der Waals surface area (Å²) in [6.07, 6.45) is 2.88. The molecule has 0 aliphatic rings. The van der Waals surface area contributed by atoms with E-state index in [9.17, 15) is 4.79 Å². The maximum absolute atomic E-state index is 10.7. The molecule has 3 nitrogen and oxygen atoms in total. The van der Waals surface area contributed by atoms with Gasteiger partial charge in [-0.05, 0) is 38.1 Å². The molecular formula is C15H19BrN2OS.